The van der Waals surface area contributed by atoms with Crippen molar-refractivity contribution in [3.8, 4) is 0 Å². The van der Waals surface area contributed by atoms with Crippen molar-refractivity contribution in [1.82, 2.24) is 15.1 Å². The molecular weight excluding hydrogens is 274 g/mol. The van der Waals surface area contributed by atoms with Crippen LogP contribution in [-0.2, 0) is 6.42 Å². The van der Waals surface area contributed by atoms with Crippen LogP contribution < -0.4 is 10.2 Å². The molecule has 1 aromatic rings. The van der Waals surface area contributed by atoms with Crippen LogP contribution in [-0.4, -0.2) is 54.9 Å². The Morgan fingerprint density at radius 3 is 2.85 bits per heavy atom. The summed E-state index contributed by atoms with van der Waals surface area (Å²) in [4.78, 5) is 4.61. The molecule has 6 heteroatoms. The zero-order valence-electron chi connectivity index (χ0n) is 12.2. The van der Waals surface area contributed by atoms with Crippen molar-refractivity contribution < 1.29 is 0 Å². The number of likely N-dealkylation sites (tertiary alicyclic amines) is 1. The molecule has 2 aliphatic rings. The number of fused-ring (bicyclic) bond motifs is 1. The number of halogens is 1. The fraction of sp³-hybridized carbons (Fsp3) is 0.714. The Bertz CT molecular complexity index is 493. The van der Waals surface area contributed by atoms with Crippen LogP contribution in [0.2, 0.25) is 5.15 Å². The summed E-state index contributed by atoms with van der Waals surface area (Å²) in [5, 5.41) is 12.6. The van der Waals surface area contributed by atoms with E-state index in [0.717, 1.165) is 43.0 Å². The Morgan fingerprint density at radius 1 is 1.20 bits per heavy atom. The molecule has 3 heterocycles. The first kappa shape index (κ1) is 13.9. The van der Waals surface area contributed by atoms with Crippen molar-refractivity contribution in [3.05, 3.63) is 10.7 Å². The van der Waals surface area contributed by atoms with E-state index in [-0.39, 0.29) is 0 Å². The minimum absolute atomic E-state index is 0.448. The van der Waals surface area contributed by atoms with Gasteiger partial charge in [-0.15, -0.1) is 10.2 Å². The van der Waals surface area contributed by atoms with Gasteiger partial charge in [-0.05, 0) is 39.3 Å². The maximum absolute atomic E-state index is 6.21. The van der Waals surface area contributed by atoms with Crippen molar-refractivity contribution in [2.24, 2.45) is 0 Å². The SMILES string of the molecule is CN1CCCC(Nc2nnc(Cl)c3c2N(C)CCC3)C1. The summed E-state index contributed by atoms with van der Waals surface area (Å²) >= 11 is 6.21. The second-order valence-corrected chi connectivity index (χ2v) is 6.30. The highest BCUT2D eigenvalue weighted by Gasteiger charge is 2.25. The van der Waals surface area contributed by atoms with Crippen molar-refractivity contribution in [1.29, 1.82) is 0 Å². The van der Waals surface area contributed by atoms with Gasteiger partial charge in [0.25, 0.3) is 0 Å². The van der Waals surface area contributed by atoms with Gasteiger partial charge in [0, 0.05) is 31.7 Å². The van der Waals surface area contributed by atoms with Gasteiger partial charge in [0.05, 0.1) is 5.69 Å². The number of anilines is 2. The normalized spacial score (nSPS) is 23.6. The molecule has 1 atom stereocenters. The molecule has 0 radical (unpaired) electrons. The van der Waals surface area contributed by atoms with E-state index in [0.29, 0.717) is 11.2 Å². The number of nitrogens with one attached hydrogen (secondary N) is 1. The molecule has 1 N–H and O–H groups in total. The first-order valence-corrected chi connectivity index (χ1v) is 7.74. The average Bonchev–Trinajstić information content (AvgIpc) is 2.42. The topological polar surface area (TPSA) is 44.3 Å². The summed E-state index contributed by atoms with van der Waals surface area (Å²) in [6, 6.07) is 0.448. The van der Waals surface area contributed by atoms with E-state index >= 15 is 0 Å². The first-order valence-electron chi connectivity index (χ1n) is 7.36. The third kappa shape index (κ3) is 2.69. The third-order valence-corrected chi connectivity index (χ3v) is 4.57. The molecule has 110 valence electrons. The summed E-state index contributed by atoms with van der Waals surface area (Å²) in [6.07, 6.45) is 4.54. The van der Waals surface area contributed by atoms with E-state index in [1.807, 2.05) is 0 Å². The van der Waals surface area contributed by atoms with Crippen molar-refractivity contribution >= 4 is 23.1 Å². The predicted molar refractivity (Wildman–Crippen MR) is 82.8 cm³/mol. The first-order chi connectivity index (χ1) is 9.65. The van der Waals surface area contributed by atoms with E-state index in [9.17, 15) is 0 Å². The number of rotatable bonds is 2. The molecule has 20 heavy (non-hydrogen) atoms. The lowest BCUT2D eigenvalue weighted by molar-refractivity contribution is 0.260. The van der Waals surface area contributed by atoms with Crippen LogP contribution in [0.4, 0.5) is 11.5 Å². The Labute approximate surface area is 125 Å². The van der Waals surface area contributed by atoms with Gasteiger partial charge in [-0.2, -0.15) is 0 Å². The average molecular weight is 296 g/mol. The maximum atomic E-state index is 6.21. The van der Waals surface area contributed by atoms with Crippen molar-refractivity contribution in [2.75, 3.05) is 43.9 Å². The summed E-state index contributed by atoms with van der Waals surface area (Å²) in [5.41, 5.74) is 2.28. The molecule has 0 aromatic carbocycles. The van der Waals surface area contributed by atoms with Gasteiger partial charge in [-0.3, -0.25) is 0 Å². The fourth-order valence-corrected chi connectivity index (χ4v) is 3.48. The molecule has 0 amide bonds. The van der Waals surface area contributed by atoms with Crippen LogP contribution in [0.1, 0.15) is 24.8 Å². The van der Waals surface area contributed by atoms with Gasteiger partial charge in [0.15, 0.2) is 11.0 Å². The van der Waals surface area contributed by atoms with Crippen LogP contribution >= 0.6 is 11.6 Å². The molecule has 0 saturated carbocycles. The molecular formula is C14H22ClN5. The molecule has 0 aliphatic carbocycles. The van der Waals surface area contributed by atoms with Crippen LogP contribution in [0.15, 0.2) is 0 Å². The number of piperidine rings is 1. The van der Waals surface area contributed by atoms with Gasteiger partial charge >= 0.3 is 0 Å². The third-order valence-electron chi connectivity index (χ3n) is 4.26. The number of likely N-dealkylation sites (N-methyl/N-ethyl adjacent to an activating group) is 1. The highest BCUT2D eigenvalue weighted by atomic mass is 35.5. The summed E-state index contributed by atoms with van der Waals surface area (Å²) in [6.45, 7) is 3.29. The number of hydrogen-bond acceptors (Lipinski definition) is 5. The summed E-state index contributed by atoms with van der Waals surface area (Å²) < 4.78 is 0. The van der Waals surface area contributed by atoms with E-state index in [4.69, 9.17) is 11.6 Å². The highest BCUT2D eigenvalue weighted by molar-refractivity contribution is 6.30. The molecule has 1 aromatic heterocycles. The number of nitrogens with zero attached hydrogens (tertiary/aromatic N) is 4. The van der Waals surface area contributed by atoms with E-state index < -0.39 is 0 Å². The lowest BCUT2D eigenvalue weighted by Crippen LogP contribution is -2.40. The van der Waals surface area contributed by atoms with E-state index in [1.54, 1.807) is 0 Å². The van der Waals surface area contributed by atoms with Gasteiger partial charge in [0.1, 0.15) is 0 Å². The van der Waals surface area contributed by atoms with Crippen LogP contribution in [0.5, 0.6) is 0 Å². The standard InChI is InChI=1S/C14H22ClN5/c1-19-7-3-5-10(9-19)16-14-12-11(13(15)17-18-14)6-4-8-20(12)2/h10H,3-9H2,1-2H3,(H,16,18). The molecule has 2 aliphatic heterocycles. The van der Waals surface area contributed by atoms with Crippen LogP contribution in [0.25, 0.3) is 0 Å². The summed E-state index contributed by atoms with van der Waals surface area (Å²) in [5.74, 6) is 0.895. The minimum atomic E-state index is 0.448. The monoisotopic (exact) mass is 295 g/mol. The Balaban J connectivity index is 1.86. The second-order valence-electron chi connectivity index (χ2n) is 5.94. The zero-order chi connectivity index (χ0) is 14.1. The molecule has 3 rings (SSSR count). The highest BCUT2D eigenvalue weighted by Crippen LogP contribution is 2.35. The molecule has 5 nitrogen and oxygen atoms in total. The zero-order valence-corrected chi connectivity index (χ0v) is 12.9. The van der Waals surface area contributed by atoms with Crippen molar-refractivity contribution in [2.45, 2.75) is 31.7 Å². The van der Waals surface area contributed by atoms with Crippen LogP contribution in [0.3, 0.4) is 0 Å². The molecule has 1 fully saturated rings. The van der Waals surface area contributed by atoms with Gasteiger partial charge in [-0.1, -0.05) is 11.6 Å². The molecule has 0 bridgehead atoms. The van der Waals surface area contributed by atoms with Gasteiger partial charge in [-0.25, -0.2) is 0 Å². The molecule has 0 spiro atoms. The Hall–Kier alpha value is -1.07. The lowest BCUT2D eigenvalue weighted by atomic mass is 10.0. The second kappa shape index (κ2) is 5.74. The van der Waals surface area contributed by atoms with E-state index in [1.165, 1.54) is 19.4 Å². The fourth-order valence-electron chi connectivity index (χ4n) is 3.25. The number of hydrogen-bond donors (Lipinski definition) is 1. The summed E-state index contributed by atoms with van der Waals surface area (Å²) in [7, 11) is 4.27. The van der Waals surface area contributed by atoms with Gasteiger partial charge in [0.2, 0.25) is 0 Å². The van der Waals surface area contributed by atoms with Gasteiger partial charge < -0.3 is 15.1 Å². The van der Waals surface area contributed by atoms with Crippen LogP contribution in [0, 0.1) is 0 Å². The Kier molecular flexibility index (Phi) is 3.98. The predicted octanol–water partition coefficient (Wildman–Crippen LogP) is 2.02. The van der Waals surface area contributed by atoms with E-state index in [2.05, 4.69) is 39.4 Å². The maximum Gasteiger partial charge on any atom is 0.172 e. The smallest absolute Gasteiger partial charge is 0.172 e. The minimum Gasteiger partial charge on any atom is -0.371 e. The molecule has 1 unspecified atom stereocenters. The van der Waals surface area contributed by atoms with Crippen molar-refractivity contribution in [3.63, 3.8) is 0 Å². The lowest BCUT2D eigenvalue weighted by Gasteiger charge is -2.33. The Morgan fingerprint density at radius 2 is 2.05 bits per heavy atom. The molecule has 1 saturated heterocycles. The quantitative estimate of drug-likeness (QED) is 0.904. The number of aromatic nitrogens is 2. The largest absolute Gasteiger partial charge is 0.371 e.